The third-order valence-corrected chi connectivity index (χ3v) is 3.46. The molecule has 0 spiro atoms. The largest absolute Gasteiger partial charge is 0.573 e. The van der Waals surface area contributed by atoms with Crippen LogP contribution < -0.4 is 0 Å². The van der Waals surface area contributed by atoms with Gasteiger partial charge in [0.2, 0.25) is 5.76 Å². The first kappa shape index (κ1) is 18.4. The standard InChI is InChI=1S/C12H4F9NOS/c13-10(14,15)5-1-2-6-7(3-5)24-9(22-6)4-8(11(16,17)18)23-12(19,20)21/h1-4H/b8-4-. The number of hydrogen-bond acceptors (Lipinski definition) is 3. The molecule has 2 nitrogen and oxygen atoms in total. The van der Waals surface area contributed by atoms with E-state index in [1.54, 1.807) is 0 Å². The summed E-state index contributed by atoms with van der Waals surface area (Å²) in [5.41, 5.74) is -1.15. The Bertz CT molecular complexity index is 769. The highest BCUT2D eigenvalue weighted by atomic mass is 32.1. The molecule has 2 rings (SSSR count). The van der Waals surface area contributed by atoms with E-state index < -0.39 is 35.0 Å². The quantitative estimate of drug-likeness (QED) is 0.488. The van der Waals surface area contributed by atoms with Crippen molar-refractivity contribution in [1.82, 2.24) is 4.98 Å². The van der Waals surface area contributed by atoms with Gasteiger partial charge in [0.1, 0.15) is 5.01 Å². The Kier molecular flexibility index (Phi) is 4.46. The molecule has 0 saturated carbocycles. The number of fused-ring (bicyclic) bond motifs is 1. The van der Waals surface area contributed by atoms with Crippen molar-refractivity contribution in [3.05, 3.63) is 34.5 Å². The Balaban J connectivity index is 2.46. The molecule has 0 atom stereocenters. The van der Waals surface area contributed by atoms with Crippen molar-refractivity contribution >= 4 is 27.6 Å². The van der Waals surface area contributed by atoms with Gasteiger partial charge in [0, 0.05) is 6.08 Å². The van der Waals surface area contributed by atoms with Gasteiger partial charge in [0.25, 0.3) is 0 Å². The Morgan fingerprint density at radius 3 is 2.12 bits per heavy atom. The lowest BCUT2D eigenvalue weighted by Crippen LogP contribution is -2.22. The van der Waals surface area contributed by atoms with Crippen LogP contribution in [0.4, 0.5) is 39.5 Å². The maximum atomic E-state index is 12.6. The second kappa shape index (κ2) is 5.83. The molecule has 0 aliphatic carbocycles. The van der Waals surface area contributed by atoms with Crippen LogP contribution in [-0.2, 0) is 10.9 Å². The van der Waals surface area contributed by atoms with Gasteiger partial charge in [-0.05, 0) is 18.2 Å². The fourth-order valence-corrected chi connectivity index (χ4v) is 2.53. The number of rotatable bonds is 2. The summed E-state index contributed by atoms with van der Waals surface area (Å²) < 4.78 is 114. The Hall–Kier alpha value is -1.98. The zero-order valence-electron chi connectivity index (χ0n) is 11.0. The normalized spacial score (nSPS) is 14.3. The summed E-state index contributed by atoms with van der Waals surface area (Å²) in [5, 5.41) is -0.583. The van der Waals surface area contributed by atoms with Gasteiger partial charge in [0.05, 0.1) is 15.8 Å². The molecule has 0 amide bonds. The topological polar surface area (TPSA) is 22.1 Å². The minimum absolute atomic E-state index is 0.0224. The highest BCUT2D eigenvalue weighted by Crippen LogP contribution is 2.36. The second-order valence-electron chi connectivity index (χ2n) is 4.29. The van der Waals surface area contributed by atoms with E-state index in [2.05, 4.69) is 9.72 Å². The first-order valence-electron chi connectivity index (χ1n) is 5.78. The summed E-state index contributed by atoms with van der Waals surface area (Å²) in [6.45, 7) is 0. The van der Waals surface area contributed by atoms with Crippen LogP contribution in [0.1, 0.15) is 10.6 Å². The summed E-state index contributed by atoms with van der Waals surface area (Å²) in [6.07, 6.45) is -15.7. The van der Waals surface area contributed by atoms with E-state index in [-0.39, 0.29) is 16.3 Å². The van der Waals surface area contributed by atoms with Crippen molar-refractivity contribution in [2.75, 3.05) is 0 Å². The van der Waals surface area contributed by atoms with E-state index >= 15 is 0 Å². The number of halogens is 9. The SMILES string of the molecule is FC(F)(F)O/C(=C\c1nc2ccc(C(F)(F)F)cc2s1)C(F)(F)F. The molecule has 0 radical (unpaired) electrons. The van der Waals surface area contributed by atoms with Crippen molar-refractivity contribution < 1.29 is 44.3 Å². The first-order chi connectivity index (χ1) is 10.8. The van der Waals surface area contributed by atoms with E-state index in [9.17, 15) is 39.5 Å². The van der Waals surface area contributed by atoms with Crippen molar-refractivity contribution in [1.29, 1.82) is 0 Å². The summed E-state index contributed by atoms with van der Waals surface area (Å²) >= 11 is 0.363. The van der Waals surface area contributed by atoms with Gasteiger partial charge < -0.3 is 4.74 Å². The van der Waals surface area contributed by atoms with Crippen molar-refractivity contribution in [2.24, 2.45) is 0 Å². The third kappa shape index (κ3) is 4.52. The molecule has 1 aromatic carbocycles. The smallest absolute Gasteiger partial charge is 0.400 e. The number of thiazole rings is 1. The van der Waals surface area contributed by atoms with Crippen LogP contribution in [0, 0.1) is 0 Å². The lowest BCUT2D eigenvalue weighted by molar-refractivity contribution is -0.324. The molecule has 12 heteroatoms. The second-order valence-corrected chi connectivity index (χ2v) is 5.35. The zero-order valence-corrected chi connectivity index (χ0v) is 11.8. The van der Waals surface area contributed by atoms with Crippen LogP contribution >= 0.6 is 11.3 Å². The molecule has 0 aliphatic heterocycles. The van der Waals surface area contributed by atoms with E-state index in [0.717, 1.165) is 6.07 Å². The minimum atomic E-state index is -5.58. The molecule has 0 unspecified atom stereocenters. The fourth-order valence-electron chi connectivity index (χ4n) is 1.59. The first-order valence-corrected chi connectivity index (χ1v) is 6.60. The predicted octanol–water partition coefficient (Wildman–Crippen LogP) is 5.75. The zero-order chi connectivity index (χ0) is 18.3. The average molecular weight is 381 g/mol. The molecule has 0 N–H and O–H groups in total. The van der Waals surface area contributed by atoms with E-state index in [1.165, 1.54) is 0 Å². The lowest BCUT2D eigenvalue weighted by atomic mass is 10.2. The average Bonchev–Trinajstić information content (AvgIpc) is 2.75. The van der Waals surface area contributed by atoms with E-state index in [1.807, 2.05) is 0 Å². The van der Waals surface area contributed by atoms with Crippen LogP contribution in [0.3, 0.4) is 0 Å². The molecule has 24 heavy (non-hydrogen) atoms. The summed E-state index contributed by atoms with van der Waals surface area (Å²) in [7, 11) is 0. The van der Waals surface area contributed by atoms with Crippen molar-refractivity contribution in [3.63, 3.8) is 0 Å². The molecule has 1 aromatic heterocycles. The Morgan fingerprint density at radius 1 is 1.00 bits per heavy atom. The maximum absolute atomic E-state index is 12.6. The minimum Gasteiger partial charge on any atom is -0.400 e. The molecule has 1 heterocycles. The number of benzene rings is 1. The molecular weight excluding hydrogens is 377 g/mol. The van der Waals surface area contributed by atoms with Gasteiger partial charge in [-0.3, -0.25) is 0 Å². The number of ether oxygens (including phenoxy) is 1. The van der Waals surface area contributed by atoms with Gasteiger partial charge in [-0.25, -0.2) is 4.98 Å². The monoisotopic (exact) mass is 381 g/mol. The molecule has 2 aromatic rings. The van der Waals surface area contributed by atoms with E-state index in [0.29, 0.717) is 23.5 Å². The molecule has 0 saturated heterocycles. The summed E-state index contributed by atoms with van der Waals surface area (Å²) in [5.74, 6) is -2.37. The van der Waals surface area contributed by atoms with Gasteiger partial charge in [0.15, 0.2) is 0 Å². The van der Waals surface area contributed by atoms with Gasteiger partial charge in [-0.15, -0.1) is 24.5 Å². The van der Waals surface area contributed by atoms with Crippen LogP contribution in [0.25, 0.3) is 16.3 Å². The molecule has 132 valence electrons. The third-order valence-electron chi connectivity index (χ3n) is 2.49. The van der Waals surface area contributed by atoms with Gasteiger partial charge in [-0.2, -0.15) is 26.3 Å². The molecule has 0 aliphatic rings. The van der Waals surface area contributed by atoms with Crippen LogP contribution in [-0.4, -0.2) is 17.5 Å². The van der Waals surface area contributed by atoms with E-state index in [4.69, 9.17) is 0 Å². The molecular formula is C12H4F9NOS. The van der Waals surface area contributed by atoms with Crippen molar-refractivity contribution in [2.45, 2.75) is 18.7 Å². The Labute approximate surface area is 131 Å². The van der Waals surface area contributed by atoms with Gasteiger partial charge in [-0.1, -0.05) is 0 Å². The predicted molar refractivity (Wildman–Crippen MR) is 65.8 cm³/mol. The number of hydrogen-bond donors (Lipinski definition) is 0. The molecule has 0 fully saturated rings. The maximum Gasteiger partial charge on any atom is 0.573 e. The number of allylic oxidation sites excluding steroid dienone is 1. The van der Waals surface area contributed by atoms with Crippen LogP contribution in [0.2, 0.25) is 0 Å². The van der Waals surface area contributed by atoms with Crippen LogP contribution in [0.15, 0.2) is 24.0 Å². The highest BCUT2D eigenvalue weighted by molar-refractivity contribution is 7.19. The summed E-state index contributed by atoms with van der Waals surface area (Å²) in [4.78, 5) is 3.55. The number of nitrogens with zero attached hydrogens (tertiary/aromatic N) is 1. The van der Waals surface area contributed by atoms with Crippen molar-refractivity contribution in [3.8, 4) is 0 Å². The highest BCUT2D eigenvalue weighted by Gasteiger charge is 2.44. The Morgan fingerprint density at radius 2 is 1.62 bits per heavy atom. The summed E-state index contributed by atoms with van der Waals surface area (Å²) in [6, 6.07) is 2.21. The fraction of sp³-hybridized carbons (Fsp3) is 0.250. The number of aromatic nitrogens is 1. The van der Waals surface area contributed by atoms with Crippen LogP contribution in [0.5, 0.6) is 0 Å². The number of alkyl halides is 9. The molecule has 0 bridgehead atoms. The lowest BCUT2D eigenvalue weighted by Gasteiger charge is -2.14. The van der Waals surface area contributed by atoms with Gasteiger partial charge >= 0.3 is 18.7 Å².